The summed E-state index contributed by atoms with van der Waals surface area (Å²) in [6.07, 6.45) is -7.52. The zero-order chi connectivity index (χ0) is 34.9. The number of carbonyl (C=O) groups excluding carboxylic acids is 1. The molecule has 0 unspecified atom stereocenters. The zero-order valence-electron chi connectivity index (χ0n) is 26.2. The van der Waals surface area contributed by atoms with E-state index in [0.717, 1.165) is 6.08 Å². The first kappa shape index (κ1) is 37.1. The van der Waals surface area contributed by atoms with Crippen molar-refractivity contribution in [3.05, 3.63) is 78.7 Å². The Bertz CT molecular complexity index is 1510. The van der Waals surface area contributed by atoms with Crippen molar-refractivity contribution < 1.29 is 45.0 Å². The number of nitrogens with zero attached hydrogens (tertiary/aromatic N) is 3. The second-order valence-electron chi connectivity index (χ2n) is 11.2. The molecule has 2 heterocycles. The normalized spacial score (nSPS) is 13.5. The van der Waals surface area contributed by atoms with E-state index in [-0.39, 0.29) is 6.61 Å². The Morgan fingerprint density at radius 1 is 1.04 bits per heavy atom. The molecule has 0 saturated heterocycles. The highest BCUT2D eigenvalue weighted by molar-refractivity contribution is 5.90. The van der Waals surface area contributed by atoms with Crippen LogP contribution >= 0.6 is 0 Å². The van der Waals surface area contributed by atoms with E-state index < -0.39 is 77.2 Å². The minimum Gasteiger partial charge on any atom is -0.449 e. The Hall–Kier alpha value is -4.40. The van der Waals surface area contributed by atoms with Gasteiger partial charge in [-0.25, -0.2) is 9.78 Å². The Kier molecular flexibility index (Phi) is 12.2. The maximum Gasteiger partial charge on any atom is 0.426 e. The number of pyridine rings is 1. The maximum atomic E-state index is 14.8. The fourth-order valence-corrected chi connectivity index (χ4v) is 4.38. The van der Waals surface area contributed by atoms with Crippen LogP contribution in [0.3, 0.4) is 0 Å². The van der Waals surface area contributed by atoms with Crippen molar-refractivity contribution in [2.75, 3.05) is 17.2 Å². The number of carbonyl (C=O) groups is 1. The van der Waals surface area contributed by atoms with Crippen LogP contribution in [0.25, 0.3) is 11.6 Å². The number of nitrogens with one attached hydrogen (secondary N) is 2. The van der Waals surface area contributed by atoms with Gasteiger partial charge in [0.25, 0.3) is 11.8 Å². The molecule has 0 aliphatic rings. The molecule has 0 aliphatic heterocycles. The zero-order valence-corrected chi connectivity index (χ0v) is 26.2. The van der Waals surface area contributed by atoms with Gasteiger partial charge in [0.05, 0.1) is 24.5 Å². The third kappa shape index (κ3) is 9.56. The van der Waals surface area contributed by atoms with Crippen LogP contribution in [-0.2, 0) is 27.9 Å². The molecule has 0 saturated carbocycles. The Balaban J connectivity index is 2.20. The van der Waals surface area contributed by atoms with Crippen molar-refractivity contribution >= 4 is 17.6 Å². The number of aromatic nitrogens is 3. The molecule has 2 aromatic heterocycles. The summed E-state index contributed by atoms with van der Waals surface area (Å²) in [5.74, 6) is -2.44. The molecule has 2 N–H and O–H groups in total. The van der Waals surface area contributed by atoms with Gasteiger partial charge in [-0.3, -0.25) is 5.32 Å². The van der Waals surface area contributed by atoms with Gasteiger partial charge in [-0.2, -0.15) is 26.3 Å². The monoisotopic (exact) mass is 669 g/mol. The summed E-state index contributed by atoms with van der Waals surface area (Å²) in [4.78, 5) is 16.6. The fraction of sp³-hybridized carbons (Fsp3) is 0.438. The maximum absolute atomic E-state index is 14.8. The number of alkyl halides is 6. The number of anilines is 2. The third-order valence-electron chi connectivity index (χ3n) is 6.92. The van der Waals surface area contributed by atoms with Crippen LogP contribution in [0.1, 0.15) is 69.9 Å². The van der Waals surface area contributed by atoms with Crippen molar-refractivity contribution in [2.45, 2.75) is 83.0 Å². The molecule has 47 heavy (non-hydrogen) atoms. The molecule has 1 aromatic carbocycles. The van der Waals surface area contributed by atoms with Crippen LogP contribution in [0, 0.1) is 0 Å². The summed E-state index contributed by atoms with van der Waals surface area (Å²) in [6.45, 7) is 11.6. The summed E-state index contributed by atoms with van der Waals surface area (Å²) in [7, 11) is 0. The van der Waals surface area contributed by atoms with Crippen molar-refractivity contribution in [3.63, 3.8) is 0 Å². The lowest BCUT2D eigenvalue weighted by Crippen LogP contribution is -2.45. The van der Waals surface area contributed by atoms with Gasteiger partial charge in [0.1, 0.15) is 5.82 Å². The van der Waals surface area contributed by atoms with Gasteiger partial charge in [-0.05, 0) is 44.7 Å². The van der Waals surface area contributed by atoms with Crippen molar-refractivity contribution in [3.8, 4) is 11.6 Å². The number of rotatable bonds is 16. The molecule has 0 fully saturated rings. The topological polar surface area (TPSA) is 111 Å². The number of benzene rings is 1. The first-order chi connectivity index (χ1) is 22.1. The number of ether oxygens (including phenoxy) is 2. The highest BCUT2D eigenvalue weighted by Gasteiger charge is 2.61. The number of hydrogen-bond donors (Lipinski definition) is 2. The van der Waals surface area contributed by atoms with E-state index in [9.17, 15) is 31.1 Å². The second kappa shape index (κ2) is 15.5. The van der Waals surface area contributed by atoms with Crippen LogP contribution in [0.2, 0.25) is 0 Å². The molecular weight excluding hydrogens is 632 g/mol. The van der Waals surface area contributed by atoms with E-state index in [2.05, 4.69) is 39.0 Å². The van der Waals surface area contributed by atoms with Crippen LogP contribution in [0.15, 0.2) is 66.1 Å². The predicted molar refractivity (Wildman–Crippen MR) is 163 cm³/mol. The summed E-state index contributed by atoms with van der Waals surface area (Å²) in [5, 5.41) is 12.3. The van der Waals surface area contributed by atoms with Crippen molar-refractivity contribution in [1.29, 1.82) is 0 Å². The lowest BCUT2D eigenvalue weighted by Gasteiger charge is -2.31. The molecule has 0 aliphatic carbocycles. The number of hydrogen-bond acceptors (Lipinski definition) is 8. The number of amides is 1. The molecule has 0 bridgehead atoms. The second-order valence-corrected chi connectivity index (χ2v) is 11.2. The molecule has 1 atom stereocenters. The summed E-state index contributed by atoms with van der Waals surface area (Å²) in [5.41, 5.74) is -6.11. The van der Waals surface area contributed by atoms with E-state index >= 15 is 0 Å². The van der Waals surface area contributed by atoms with Crippen LogP contribution in [0.5, 0.6) is 0 Å². The Morgan fingerprint density at radius 3 is 2.34 bits per heavy atom. The van der Waals surface area contributed by atoms with Gasteiger partial charge in [-0.15, -0.1) is 23.4 Å². The SMILES string of the molecule is C=CCCC(C)(C)Nc1nc(-c2nnc([C@@](CC=C)(OCc3ccccc3)C(F)(F)F)o2)c(NC(=O)OCCCC)cc1C(F)(F)F. The quantitative estimate of drug-likeness (QED) is 0.0882. The first-order valence-electron chi connectivity index (χ1n) is 14.7. The lowest BCUT2D eigenvalue weighted by molar-refractivity contribution is -0.295. The lowest BCUT2D eigenvalue weighted by atomic mass is 9.98. The smallest absolute Gasteiger partial charge is 0.426 e. The molecule has 15 heteroatoms. The Labute approximate surface area is 268 Å². The minimum atomic E-state index is -5.11. The number of allylic oxidation sites excluding steroid dienone is 1. The van der Waals surface area contributed by atoms with Gasteiger partial charge >= 0.3 is 18.4 Å². The molecular formula is C32H37F6N5O4. The third-order valence-corrected chi connectivity index (χ3v) is 6.92. The molecule has 1 amide bonds. The molecule has 3 rings (SSSR count). The van der Waals surface area contributed by atoms with E-state index in [0.29, 0.717) is 37.3 Å². The van der Waals surface area contributed by atoms with Gasteiger partial charge < -0.3 is 19.2 Å². The van der Waals surface area contributed by atoms with E-state index in [1.165, 1.54) is 0 Å². The van der Waals surface area contributed by atoms with E-state index in [1.807, 2.05) is 6.92 Å². The molecule has 0 spiro atoms. The summed E-state index contributed by atoms with van der Waals surface area (Å²) >= 11 is 0. The largest absolute Gasteiger partial charge is 0.449 e. The number of unbranched alkanes of at least 4 members (excludes halogenated alkanes) is 1. The van der Waals surface area contributed by atoms with Gasteiger partial charge in [-0.1, -0.05) is 55.8 Å². The summed E-state index contributed by atoms with van der Waals surface area (Å²) in [6, 6.07) is 8.61. The van der Waals surface area contributed by atoms with Crippen LogP contribution in [0.4, 0.5) is 42.6 Å². The highest BCUT2D eigenvalue weighted by atomic mass is 19.4. The molecule has 256 valence electrons. The Morgan fingerprint density at radius 2 is 1.74 bits per heavy atom. The highest BCUT2D eigenvalue weighted by Crippen LogP contribution is 2.47. The van der Waals surface area contributed by atoms with Gasteiger partial charge in [0.15, 0.2) is 5.69 Å². The van der Waals surface area contributed by atoms with E-state index in [1.54, 1.807) is 50.3 Å². The average Bonchev–Trinajstić information content (AvgIpc) is 3.48. The van der Waals surface area contributed by atoms with Gasteiger partial charge in [0.2, 0.25) is 5.60 Å². The minimum absolute atomic E-state index is 0.0343. The van der Waals surface area contributed by atoms with Gasteiger partial charge in [0, 0.05) is 12.0 Å². The number of halogens is 6. The fourth-order valence-electron chi connectivity index (χ4n) is 4.38. The first-order valence-corrected chi connectivity index (χ1v) is 14.7. The van der Waals surface area contributed by atoms with Crippen molar-refractivity contribution in [2.24, 2.45) is 0 Å². The summed E-state index contributed by atoms with van der Waals surface area (Å²) < 4.78 is 103. The predicted octanol–water partition coefficient (Wildman–Crippen LogP) is 9.21. The van der Waals surface area contributed by atoms with E-state index in [4.69, 9.17) is 13.9 Å². The molecule has 9 nitrogen and oxygen atoms in total. The molecule has 0 radical (unpaired) electrons. The van der Waals surface area contributed by atoms with Crippen LogP contribution < -0.4 is 10.6 Å². The standard InChI is InChI=1S/C32H37F6N5O4/c1-6-9-17-29(4,5)41-25-22(31(33,34)35)19-23(39-28(44)45-18-10-7-2)24(40-25)26-42-43-27(47-26)30(16-8-3,32(36,37)38)46-20-21-14-12-11-13-15-21/h6,8,11-15,19H,1,3,7,9-10,16-18,20H2,2,4-5H3,(H,39,44)(H,40,41)/t30-/m1/s1. The molecule has 3 aromatic rings. The van der Waals surface area contributed by atoms with Crippen LogP contribution in [-0.4, -0.2) is 39.6 Å². The average molecular weight is 670 g/mol. The van der Waals surface area contributed by atoms with Crippen molar-refractivity contribution in [1.82, 2.24) is 15.2 Å².